The lowest BCUT2D eigenvalue weighted by Crippen LogP contribution is -1.97. The Morgan fingerprint density at radius 1 is 1.10 bits per heavy atom. The van der Waals surface area contributed by atoms with E-state index in [9.17, 15) is 0 Å². The van der Waals surface area contributed by atoms with E-state index in [2.05, 4.69) is 20.4 Å². The van der Waals surface area contributed by atoms with Gasteiger partial charge in [-0.2, -0.15) is 0 Å². The SMILES string of the molecule is C/C=C/c1nnc(C)nn1. The molecule has 0 amide bonds. The monoisotopic (exact) mass is 136 g/mol. The van der Waals surface area contributed by atoms with Crippen LogP contribution in [0.5, 0.6) is 0 Å². The summed E-state index contributed by atoms with van der Waals surface area (Å²) in [6, 6.07) is 0. The van der Waals surface area contributed by atoms with E-state index in [4.69, 9.17) is 0 Å². The van der Waals surface area contributed by atoms with E-state index in [1.54, 1.807) is 13.0 Å². The number of aromatic nitrogens is 4. The van der Waals surface area contributed by atoms with Crippen molar-refractivity contribution < 1.29 is 0 Å². The molecule has 0 fully saturated rings. The summed E-state index contributed by atoms with van der Waals surface area (Å²) in [5, 5.41) is 15.0. The van der Waals surface area contributed by atoms with E-state index < -0.39 is 0 Å². The van der Waals surface area contributed by atoms with E-state index >= 15 is 0 Å². The molecule has 0 aliphatic heterocycles. The summed E-state index contributed by atoms with van der Waals surface area (Å²) < 4.78 is 0. The largest absolute Gasteiger partial charge is 0.196 e. The van der Waals surface area contributed by atoms with Gasteiger partial charge < -0.3 is 0 Å². The van der Waals surface area contributed by atoms with Gasteiger partial charge in [0.25, 0.3) is 0 Å². The maximum atomic E-state index is 3.76. The molecule has 10 heavy (non-hydrogen) atoms. The van der Waals surface area contributed by atoms with Crippen LogP contribution in [0, 0.1) is 6.92 Å². The Morgan fingerprint density at radius 2 is 1.70 bits per heavy atom. The molecule has 52 valence electrons. The van der Waals surface area contributed by atoms with Crippen molar-refractivity contribution in [2.75, 3.05) is 0 Å². The minimum Gasteiger partial charge on any atom is -0.131 e. The van der Waals surface area contributed by atoms with E-state index in [0.717, 1.165) is 0 Å². The zero-order valence-corrected chi connectivity index (χ0v) is 5.94. The number of hydrogen-bond acceptors (Lipinski definition) is 4. The Kier molecular flexibility index (Phi) is 2.04. The number of rotatable bonds is 1. The van der Waals surface area contributed by atoms with Crippen molar-refractivity contribution in [3.05, 3.63) is 17.7 Å². The molecule has 0 unspecified atom stereocenters. The van der Waals surface area contributed by atoms with Crippen molar-refractivity contribution in [3.8, 4) is 0 Å². The first-order valence-electron chi connectivity index (χ1n) is 2.99. The summed E-state index contributed by atoms with van der Waals surface area (Å²) in [5.74, 6) is 1.14. The van der Waals surface area contributed by atoms with Gasteiger partial charge in [-0.05, 0) is 19.9 Å². The predicted octanol–water partition coefficient (Wildman–Crippen LogP) is 0.608. The molecule has 0 aliphatic carbocycles. The van der Waals surface area contributed by atoms with Gasteiger partial charge in [0.1, 0.15) is 0 Å². The van der Waals surface area contributed by atoms with Crippen LogP contribution in [0.1, 0.15) is 18.6 Å². The topological polar surface area (TPSA) is 51.6 Å². The van der Waals surface area contributed by atoms with Crippen molar-refractivity contribution in [1.82, 2.24) is 20.4 Å². The molecule has 0 spiro atoms. The van der Waals surface area contributed by atoms with Gasteiger partial charge in [-0.15, -0.1) is 20.4 Å². The molecule has 1 aromatic rings. The molecular formula is C6H8N4. The van der Waals surface area contributed by atoms with Gasteiger partial charge >= 0.3 is 0 Å². The van der Waals surface area contributed by atoms with Gasteiger partial charge in [0.15, 0.2) is 11.6 Å². The van der Waals surface area contributed by atoms with Gasteiger partial charge in [0, 0.05) is 0 Å². The lowest BCUT2D eigenvalue weighted by molar-refractivity contribution is 0.794. The van der Waals surface area contributed by atoms with Gasteiger partial charge in [-0.1, -0.05) is 6.08 Å². The first-order chi connectivity index (χ1) is 4.83. The van der Waals surface area contributed by atoms with Crippen LogP contribution in [0.2, 0.25) is 0 Å². The first-order valence-corrected chi connectivity index (χ1v) is 2.99. The summed E-state index contributed by atoms with van der Waals surface area (Å²) >= 11 is 0. The highest BCUT2D eigenvalue weighted by Gasteiger charge is 1.89. The number of aryl methyl sites for hydroxylation is 1. The third-order valence-electron chi connectivity index (χ3n) is 0.910. The van der Waals surface area contributed by atoms with Crippen LogP contribution in [0.3, 0.4) is 0 Å². The van der Waals surface area contributed by atoms with Crippen LogP contribution in [0.25, 0.3) is 6.08 Å². The zero-order valence-electron chi connectivity index (χ0n) is 5.94. The Balaban J connectivity index is 2.89. The number of nitrogens with zero attached hydrogens (tertiary/aromatic N) is 4. The molecule has 0 N–H and O–H groups in total. The zero-order chi connectivity index (χ0) is 7.40. The third kappa shape index (κ3) is 1.58. The van der Waals surface area contributed by atoms with E-state index in [1.165, 1.54) is 0 Å². The van der Waals surface area contributed by atoms with Crippen molar-refractivity contribution in [2.24, 2.45) is 0 Å². The summed E-state index contributed by atoms with van der Waals surface area (Å²) in [7, 11) is 0. The van der Waals surface area contributed by atoms with Crippen molar-refractivity contribution >= 4 is 6.08 Å². The molecule has 0 radical (unpaired) electrons. The molecular weight excluding hydrogens is 128 g/mol. The van der Waals surface area contributed by atoms with Crippen LogP contribution < -0.4 is 0 Å². The Bertz CT molecular complexity index is 226. The second kappa shape index (κ2) is 3.00. The number of allylic oxidation sites excluding steroid dienone is 1. The van der Waals surface area contributed by atoms with Crippen molar-refractivity contribution in [1.29, 1.82) is 0 Å². The highest BCUT2D eigenvalue weighted by Crippen LogP contribution is 1.87. The van der Waals surface area contributed by atoms with E-state index in [0.29, 0.717) is 11.6 Å². The minimum atomic E-state index is 0.549. The van der Waals surface area contributed by atoms with Crippen LogP contribution in [-0.2, 0) is 0 Å². The van der Waals surface area contributed by atoms with Gasteiger partial charge in [0.05, 0.1) is 0 Å². The summed E-state index contributed by atoms with van der Waals surface area (Å²) in [4.78, 5) is 0. The highest BCUT2D eigenvalue weighted by molar-refractivity contribution is 5.36. The normalized spacial score (nSPS) is 10.6. The molecule has 0 aromatic carbocycles. The second-order valence-electron chi connectivity index (χ2n) is 1.81. The molecule has 0 saturated carbocycles. The van der Waals surface area contributed by atoms with Gasteiger partial charge in [-0.3, -0.25) is 0 Å². The fraction of sp³-hybridized carbons (Fsp3) is 0.333. The molecule has 1 rings (SSSR count). The maximum Gasteiger partial charge on any atom is 0.196 e. The molecule has 0 saturated heterocycles. The Labute approximate surface area is 59.0 Å². The molecule has 0 bridgehead atoms. The standard InChI is InChI=1S/C6H8N4/c1-3-4-6-9-7-5(2)8-10-6/h3-4H,1-2H3/b4-3+. The highest BCUT2D eigenvalue weighted by atomic mass is 15.3. The number of hydrogen-bond donors (Lipinski definition) is 0. The molecule has 1 aromatic heterocycles. The summed E-state index contributed by atoms with van der Waals surface area (Å²) in [6.45, 7) is 3.64. The van der Waals surface area contributed by atoms with Crippen molar-refractivity contribution in [2.45, 2.75) is 13.8 Å². The smallest absolute Gasteiger partial charge is 0.131 e. The van der Waals surface area contributed by atoms with Gasteiger partial charge in [0.2, 0.25) is 0 Å². The maximum absolute atomic E-state index is 3.76. The lowest BCUT2D eigenvalue weighted by atomic mass is 10.5. The summed E-state index contributed by atoms with van der Waals surface area (Å²) in [5.41, 5.74) is 0. The Hall–Kier alpha value is -1.32. The van der Waals surface area contributed by atoms with E-state index in [1.807, 2.05) is 13.0 Å². The average Bonchev–Trinajstić information content (AvgIpc) is 1.95. The first kappa shape index (κ1) is 6.80. The fourth-order valence-electron chi connectivity index (χ4n) is 0.503. The van der Waals surface area contributed by atoms with Crippen LogP contribution >= 0.6 is 0 Å². The van der Waals surface area contributed by atoms with Crippen molar-refractivity contribution in [3.63, 3.8) is 0 Å². The van der Waals surface area contributed by atoms with E-state index in [-0.39, 0.29) is 0 Å². The molecule has 4 nitrogen and oxygen atoms in total. The third-order valence-corrected chi connectivity index (χ3v) is 0.910. The molecule has 0 aliphatic rings. The van der Waals surface area contributed by atoms with Crippen LogP contribution in [0.4, 0.5) is 0 Å². The van der Waals surface area contributed by atoms with Gasteiger partial charge in [-0.25, -0.2) is 0 Å². The Morgan fingerprint density at radius 3 is 2.20 bits per heavy atom. The second-order valence-corrected chi connectivity index (χ2v) is 1.81. The lowest BCUT2D eigenvalue weighted by Gasteiger charge is -1.87. The van der Waals surface area contributed by atoms with Crippen LogP contribution in [0.15, 0.2) is 6.08 Å². The predicted molar refractivity (Wildman–Crippen MR) is 37.1 cm³/mol. The quantitative estimate of drug-likeness (QED) is 0.567. The fourth-order valence-corrected chi connectivity index (χ4v) is 0.503. The molecule has 1 heterocycles. The summed E-state index contributed by atoms with van der Waals surface area (Å²) in [6.07, 6.45) is 3.59. The molecule has 0 atom stereocenters. The molecule has 4 heteroatoms. The van der Waals surface area contributed by atoms with Crippen LogP contribution in [-0.4, -0.2) is 20.4 Å². The minimum absolute atomic E-state index is 0.549. The average molecular weight is 136 g/mol.